The average molecular weight is 349 g/mol. The lowest BCUT2D eigenvalue weighted by atomic mass is 10.2. The number of fused-ring (bicyclic) bond motifs is 2. The normalized spacial score (nSPS) is 15.9. The standard InChI is InChI=1S/C20H19N3O3/c1-13-20(25)22-16-12-15(6-7-18(16)26-13)21-19(24)9-11-23-10-8-14-4-2-3-5-17(14)23/h2-8,10,12-13H,9,11H2,1H3,(H,21,24)(H,22,25)/t13-/m0/s1. The van der Waals surface area contributed by atoms with Crippen LogP contribution < -0.4 is 15.4 Å². The first-order valence-electron chi connectivity index (χ1n) is 8.55. The number of nitrogens with zero attached hydrogens (tertiary/aromatic N) is 1. The molecule has 0 fully saturated rings. The van der Waals surface area contributed by atoms with Gasteiger partial charge < -0.3 is 19.9 Å². The molecule has 6 heteroatoms. The first-order chi connectivity index (χ1) is 12.6. The van der Waals surface area contributed by atoms with E-state index >= 15 is 0 Å². The Labute approximate surface area is 150 Å². The number of carbonyl (C=O) groups excluding carboxylic acids is 2. The van der Waals surface area contributed by atoms with E-state index in [1.807, 2.05) is 30.5 Å². The Morgan fingerprint density at radius 2 is 2.08 bits per heavy atom. The van der Waals surface area contributed by atoms with Crippen LogP contribution in [0.15, 0.2) is 54.7 Å². The van der Waals surface area contributed by atoms with Crippen molar-refractivity contribution in [2.45, 2.75) is 26.0 Å². The number of hydrogen-bond acceptors (Lipinski definition) is 3. The monoisotopic (exact) mass is 349 g/mol. The Hall–Kier alpha value is -3.28. The molecule has 0 radical (unpaired) electrons. The fourth-order valence-corrected chi connectivity index (χ4v) is 3.07. The Balaban J connectivity index is 1.41. The summed E-state index contributed by atoms with van der Waals surface area (Å²) in [6.45, 7) is 2.29. The van der Waals surface area contributed by atoms with Crippen LogP contribution in [0.4, 0.5) is 11.4 Å². The van der Waals surface area contributed by atoms with Crippen molar-refractivity contribution in [3.8, 4) is 5.75 Å². The molecule has 0 spiro atoms. The Morgan fingerprint density at radius 3 is 2.96 bits per heavy atom. The molecule has 0 saturated carbocycles. The van der Waals surface area contributed by atoms with Crippen LogP contribution in [0.1, 0.15) is 13.3 Å². The van der Waals surface area contributed by atoms with Crippen molar-refractivity contribution in [3.05, 3.63) is 54.7 Å². The predicted octanol–water partition coefficient (Wildman–Crippen LogP) is 3.39. The molecule has 1 aromatic heterocycles. The highest BCUT2D eigenvalue weighted by atomic mass is 16.5. The van der Waals surface area contributed by atoms with Crippen LogP contribution in [0, 0.1) is 0 Å². The zero-order chi connectivity index (χ0) is 18.1. The van der Waals surface area contributed by atoms with Crippen molar-refractivity contribution in [3.63, 3.8) is 0 Å². The molecule has 26 heavy (non-hydrogen) atoms. The molecule has 0 unspecified atom stereocenters. The van der Waals surface area contributed by atoms with E-state index in [4.69, 9.17) is 4.74 Å². The van der Waals surface area contributed by atoms with Crippen LogP contribution >= 0.6 is 0 Å². The predicted molar refractivity (Wildman–Crippen MR) is 100 cm³/mol. The minimum atomic E-state index is -0.515. The maximum absolute atomic E-state index is 12.3. The highest BCUT2D eigenvalue weighted by Crippen LogP contribution is 2.32. The van der Waals surface area contributed by atoms with Gasteiger partial charge in [-0.15, -0.1) is 0 Å². The number of benzene rings is 2. The zero-order valence-corrected chi connectivity index (χ0v) is 14.4. The summed E-state index contributed by atoms with van der Waals surface area (Å²) in [5.74, 6) is 0.327. The number of hydrogen-bond donors (Lipinski definition) is 2. The summed E-state index contributed by atoms with van der Waals surface area (Å²) in [5, 5.41) is 6.81. The van der Waals surface area contributed by atoms with Crippen molar-refractivity contribution in [2.75, 3.05) is 10.6 Å². The molecule has 1 aliphatic heterocycles. The molecule has 0 saturated heterocycles. The Morgan fingerprint density at radius 1 is 1.23 bits per heavy atom. The second-order valence-corrected chi connectivity index (χ2v) is 6.33. The summed E-state index contributed by atoms with van der Waals surface area (Å²) in [6, 6.07) is 15.4. The third kappa shape index (κ3) is 3.13. The molecule has 6 nitrogen and oxygen atoms in total. The summed E-state index contributed by atoms with van der Waals surface area (Å²) in [6.07, 6.45) is 1.83. The lowest BCUT2D eigenvalue weighted by Crippen LogP contribution is -2.34. The number of ether oxygens (including phenoxy) is 1. The van der Waals surface area contributed by atoms with E-state index in [1.54, 1.807) is 25.1 Å². The van der Waals surface area contributed by atoms with E-state index in [0.29, 0.717) is 30.1 Å². The molecule has 1 atom stereocenters. The summed E-state index contributed by atoms with van der Waals surface area (Å²) < 4.78 is 7.58. The van der Waals surface area contributed by atoms with Crippen LogP contribution in [0.2, 0.25) is 0 Å². The third-order valence-electron chi connectivity index (χ3n) is 4.45. The van der Waals surface area contributed by atoms with E-state index < -0.39 is 6.10 Å². The van der Waals surface area contributed by atoms with E-state index in [2.05, 4.69) is 21.3 Å². The SMILES string of the molecule is C[C@@H]1Oc2ccc(NC(=O)CCn3ccc4ccccc43)cc2NC1=O. The lowest BCUT2D eigenvalue weighted by molar-refractivity contribution is -0.122. The highest BCUT2D eigenvalue weighted by Gasteiger charge is 2.23. The first-order valence-corrected chi connectivity index (χ1v) is 8.55. The molecule has 2 amide bonds. The smallest absolute Gasteiger partial charge is 0.265 e. The average Bonchev–Trinajstić information content (AvgIpc) is 3.04. The Bertz CT molecular complexity index is 993. The van der Waals surface area contributed by atoms with E-state index in [0.717, 1.165) is 10.9 Å². The van der Waals surface area contributed by atoms with Gasteiger partial charge in [-0.25, -0.2) is 0 Å². The second-order valence-electron chi connectivity index (χ2n) is 6.33. The molecule has 4 rings (SSSR count). The van der Waals surface area contributed by atoms with Gasteiger partial charge in [0.25, 0.3) is 5.91 Å². The lowest BCUT2D eigenvalue weighted by Gasteiger charge is -2.23. The molecular weight excluding hydrogens is 330 g/mol. The quantitative estimate of drug-likeness (QED) is 0.758. The maximum Gasteiger partial charge on any atom is 0.265 e. The van der Waals surface area contributed by atoms with E-state index in [-0.39, 0.29) is 11.8 Å². The molecule has 2 N–H and O–H groups in total. The van der Waals surface area contributed by atoms with Crippen LogP contribution in [-0.4, -0.2) is 22.5 Å². The van der Waals surface area contributed by atoms with Crippen LogP contribution in [-0.2, 0) is 16.1 Å². The summed E-state index contributed by atoms with van der Waals surface area (Å²) in [4.78, 5) is 24.0. The number of anilines is 2. The van der Waals surface area contributed by atoms with Crippen molar-refractivity contribution in [1.29, 1.82) is 0 Å². The van der Waals surface area contributed by atoms with Crippen molar-refractivity contribution < 1.29 is 14.3 Å². The highest BCUT2D eigenvalue weighted by molar-refractivity contribution is 5.99. The van der Waals surface area contributed by atoms with Crippen molar-refractivity contribution in [1.82, 2.24) is 4.57 Å². The molecule has 132 valence electrons. The molecule has 2 aromatic carbocycles. The van der Waals surface area contributed by atoms with Gasteiger partial charge in [-0.1, -0.05) is 18.2 Å². The number of nitrogens with one attached hydrogen (secondary N) is 2. The van der Waals surface area contributed by atoms with Gasteiger partial charge in [-0.2, -0.15) is 0 Å². The van der Waals surface area contributed by atoms with Gasteiger partial charge in [0.15, 0.2) is 6.10 Å². The Kier molecular flexibility index (Phi) is 4.08. The van der Waals surface area contributed by atoms with Gasteiger partial charge in [-0.3, -0.25) is 9.59 Å². The molecule has 1 aliphatic rings. The van der Waals surface area contributed by atoms with Gasteiger partial charge in [0.2, 0.25) is 5.91 Å². The largest absolute Gasteiger partial charge is 0.479 e. The van der Waals surface area contributed by atoms with Crippen LogP contribution in [0.5, 0.6) is 5.75 Å². The number of rotatable bonds is 4. The van der Waals surface area contributed by atoms with Crippen molar-refractivity contribution in [2.24, 2.45) is 0 Å². The third-order valence-corrected chi connectivity index (χ3v) is 4.45. The topological polar surface area (TPSA) is 72.4 Å². The summed E-state index contributed by atoms with van der Waals surface area (Å²) in [5.41, 5.74) is 2.31. The molecule has 0 aliphatic carbocycles. The van der Waals surface area contributed by atoms with Gasteiger partial charge >= 0.3 is 0 Å². The second kappa shape index (κ2) is 6.55. The summed E-state index contributed by atoms with van der Waals surface area (Å²) in [7, 11) is 0. The van der Waals surface area contributed by atoms with Crippen LogP contribution in [0.25, 0.3) is 10.9 Å². The van der Waals surface area contributed by atoms with Gasteiger partial charge in [0, 0.05) is 30.4 Å². The van der Waals surface area contributed by atoms with Gasteiger partial charge in [0.1, 0.15) is 5.75 Å². The molecule has 3 aromatic rings. The number of para-hydroxylation sites is 1. The fourth-order valence-electron chi connectivity index (χ4n) is 3.07. The van der Waals surface area contributed by atoms with Crippen molar-refractivity contribution >= 4 is 34.1 Å². The molecule has 0 bridgehead atoms. The van der Waals surface area contributed by atoms with Crippen LogP contribution in [0.3, 0.4) is 0 Å². The minimum absolute atomic E-state index is 0.0841. The number of carbonyl (C=O) groups is 2. The molecule has 2 heterocycles. The van der Waals surface area contributed by atoms with E-state index in [9.17, 15) is 9.59 Å². The van der Waals surface area contributed by atoms with Gasteiger partial charge in [-0.05, 0) is 42.6 Å². The molecular formula is C20H19N3O3. The fraction of sp³-hybridized carbons (Fsp3) is 0.200. The first kappa shape index (κ1) is 16.2. The number of amides is 2. The minimum Gasteiger partial charge on any atom is -0.479 e. The number of aryl methyl sites for hydroxylation is 1. The van der Waals surface area contributed by atoms with E-state index in [1.165, 1.54) is 0 Å². The summed E-state index contributed by atoms with van der Waals surface area (Å²) >= 11 is 0. The van der Waals surface area contributed by atoms with Gasteiger partial charge in [0.05, 0.1) is 5.69 Å². The number of aromatic nitrogens is 1. The zero-order valence-electron chi connectivity index (χ0n) is 14.4. The maximum atomic E-state index is 12.3.